The number of fused-ring (bicyclic) bond motifs is 1. The third-order valence-electron chi connectivity index (χ3n) is 3.76. The molecule has 0 bridgehead atoms. The molecule has 108 valence electrons. The molecule has 0 saturated carbocycles. The summed E-state index contributed by atoms with van der Waals surface area (Å²) < 4.78 is 6.30. The fraction of sp³-hybridized carbons (Fsp3) is 0.235. The average molecular weight is 346 g/mol. The Morgan fingerprint density at radius 2 is 2.10 bits per heavy atom. The van der Waals surface area contributed by atoms with Gasteiger partial charge in [-0.3, -0.25) is 4.79 Å². The monoisotopic (exact) mass is 345 g/mol. The van der Waals surface area contributed by atoms with Crippen LogP contribution < -0.4 is 10.1 Å². The molecule has 1 heterocycles. The fourth-order valence-corrected chi connectivity index (χ4v) is 3.34. The Morgan fingerprint density at radius 1 is 1.29 bits per heavy atom. The van der Waals surface area contributed by atoms with Crippen molar-refractivity contribution in [2.75, 3.05) is 12.4 Å². The van der Waals surface area contributed by atoms with Gasteiger partial charge in [0, 0.05) is 16.6 Å². The average Bonchev–Trinajstić information content (AvgIpc) is 2.46. The Hall–Kier alpha value is -1.81. The van der Waals surface area contributed by atoms with Crippen molar-refractivity contribution in [2.45, 2.75) is 18.8 Å². The maximum atomic E-state index is 11.9. The quantitative estimate of drug-likeness (QED) is 0.908. The molecule has 1 aliphatic rings. The summed E-state index contributed by atoms with van der Waals surface area (Å²) >= 11 is 3.50. The van der Waals surface area contributed by atoms with Crippen LogP contribution in [-0.4, -0.2) is 13.0 Å². The number of ether oxygens (including phenoxy) is 1. The van der Waals surface area contributed by atoms with E-state index in [9.17, 15) is 4.79 Å². The van der Waals surface area contributed by atoms with Gasteiger partial charge in [-0.15, -0.1) is 0 Å². The van der Waals surface area contributed by atoms with Gasteiger partial charge < -0.3 is 10.1 Å². The van der Waals surface area contributed by atoms with E-state index in [0.717, 1.165) is 27.9 Å². The second-order valence-corrected chi connectivity index (χ2v) is 6.16. The lowest BCUT2D eigenvalue weighted by Gasteiger charge is -2.25. The first-order chi connectivity index (χ1) is 10.2. The molecule has 1 amide bonds. The van der Waals surface area contributed by atoms with Crippen molar-refractivity contribution >= 4 is 27.5 Å². The summed E-state index contributed by atoms with van der Waals surface area (Å²) in [4.78, 5) is 11.9. The second-order valence-electron chi connectivity index (χ2n) is 5.24. The predicted molar refractivity (Wildman–Crippen MR) is 86.8 cm³/mol. The fourth-order valence-electron chi connectivity index (χ4n) is 2.82. The van der Waals surface area contributed by atoms with Crippen LogP contribution in [0.1, 0.15) is 23.5 Å². The minimum atomic E-state index is 0.0839. The SMILES string of the molecule is COc1cc(Br)cc(CC2CC(=O)Nc3ccccc32)c1. The minimum Gasteiger partial charge on any atom is -0.497 e. The zero-order chi connectivity index (χ0) is 14.8. The number of carbonyl (C=O) groups is 1. The summed E-state index contributed by atoms with van der Waals surface area (Å²) in [5, 5.41) is 2.94. The molecular weight excluding hydrogens is 330 g/mol. The van der Waals surface area contributed by atoms with Crippen LogP contribution in [0.25, 0.3) is 0 Å². The molecule has 1 N–H and O–H groups in total. The number of carbonyl (C=O) groups excluding carboxylic acids is 1. The molecule has 21 heavy (non-hydrogen) atoms. The van der Waals surface area contributed by atoms with Crippen LogP contribution >= 0.6 is 15.9 Å². The number of hydrogen-bond acceptors (Lipinski definition) is 2. The topological polar surface area (TPSA) is 38.3 Å². The third kappa shape index (κ3) is 3.10. The molecule has 3 rings (SSSR count). The van der Waals surface area contributed by atoms with Gasteiger partial charge in [0.2, 0.25) is 5.91 Å². The first kappa shape index (κ1) is 14.1. The van der Waals surface area contributed by atoms with Crippen LogP contribution in [0.15, 0.2) is 46.9 Å². The lowest BCUT2D eigenvalue weighted by atomic mass is 9.85. The molecule has 1 aliphatic heterocycles. The van der Waals surface area contributed by atoms with Crippen molar-refractivity contribution in [1.82, 2.24) is 0 Å². The Kier molecular flexibility index (Phi) is 3.97. The molecule has 0 spiro atoms. The first-order valence-corrected chi connectivity index (χ1v) is 7.67. The van der Waals surface area contributed by atoms with Gasteiger partial charge in [0.1, 0.15) is 5.75 Å². The van der Waals surface area contributed by atoms with Gasteiger partial charge in [-0.1, -0.05) is 34.1 Å². The smallest absolute Gasteiger partial charge is 0.225 e. The highest BCUT2D eigenvalue weighted by Gasteiger charge is 2.25. The summed E-state index contributed by atoms with van der Waals surface area (Å²) in [6.07, 6.45) is 1.34. The standard InChI is InChI=1S/C17H16BrNO2/c1-21-14-8-11(7-13(18)10-14)6-12-9-17(20)19-16-5-3-2-4-15(12)16/h2-5,7-8,10,12H,6,9H2,1H3,(H,19,20). The molecule has 0 aromatic heterocycles. The number of hydrogen-bond donors (Lipinski definition) is 1. The Labute approximate surface area is 132 Å². The molecule has 1 atom stereocenters. The first-order valence-electron chi connectivity index (χ1n) is 6.88. The molecular formula is C17H16BrNO2. The van der Waals surface area contributed by atoms with Gasteiger partial charge in [-0.05, 0) is 47.7 Å². The second kappa shape index (κ2) is 5.90. The van der Waals surface area contributed by atoms with Crippen molar-refractivity contribution in [2.24, 2.45) is 0 Å². The van der Waals surface area contributed by atoms with Crippen molar-refractivity contribution < 1.29 is 9.53 Å². The number of halogens is 1. The van der Waals surface area contributed by atoms with E-state index in [-0.39, 0.29) is 11.8 Å². The normalized spacial score (nSPS) is 17.0. The number of amides is 1. The minimum absolute atomic E-state index is 0.0839. The lowest BCUT2D eigenvalue weighted by Crippen LogP contribution is -2.23. The molecule has 0 radical (unpaired) electrons. The summed E-state index contributed by atoms with van der Waals surface area (Å²) in [5.74, 6) is 1.11. The summed E-state index contributed by atoms with van der Waals surface area (Å²) in [6, 6.07) is 14.1. The molecule has 4 heteroatoms. The number of methoxy groups -OCH3 is 1. The zero-order valence-electron chi connectivity index (χ0n) is 11.7. The van der Waals surface area contributed by atoms with Crippen molar-refractivity contribution in [1.29, 1.82) is 0 Å². The van der Waals surface area contributed by atoms with Crippen molar-refractivity contribution in [3.8, 4) is 5.75 Å². The molecule has 0 saturated heterocycles. The van der Waals surface area contributed by atoms with Crippen LogP contribution in [-0.2, 0) is 11.2 Å². The largest absolute Gasteiger partial charge is 0.497 e. The summed E-state index contributed by atoms with van der Waals surface area (Å²) in [6.45, 7) is 0. The predicted octanol–water partition coefficient (Wildman–Crippen LogP) is 4.13. The molecule has 0 fully saturated rings. The Balaban J connectivity index is 1.91. The maximum absolute atomic E-state index is 11.9. The van der Waals surface area contributed by atoms with Gasteiger partial charge >= 0.3 is 0 Å². The van der Waals surface area contributed by atoms with Crippen LogP contribution in [0.5, 0.6) is 5.75 Å². The van der Waals surface area contributed by atoms with E-state index in [0.29, 0.717) is 6.42 Å². The van der Waals surface area contributed by atoms with Gasteiger partial charge in [-0.25, -0.2) is 0 Å². The number of rotatable bonds is 3. The van der Waals surface area contributed by atoms with Crippen molar-refractivity contribution in [3.05, 3.63) is 58.1 Å². The van der Waals surface area contributed by atoms with Crippen LogP contribution in [0, 0.1) is 0 Å². The van der Waals surface area contributed by atoms with E-state index in [1.807, 2.05) is 30.3 Å². The van der Waals surface area contributed by atoms with E-state index in [4.69, 9.17) is 4.74 Å². The Bertz CT molecular complexity index is 684. The molecule has 3 nitrogen and oxygen atoms in total. The van der Waals surface area contributed by atoms with Crippen molar-refractivity contribution in [3.63, 3.8) is 0 Å². The maximum Gasteiger partial charge on any atom is 0.225 e. The van der Waals surface area contributed by atoms with Crippen LogP contribution in [0.4, 0.5) is 5.69 Å². The summed E-state index contributed by atoms with van der Waals surface area (Å²) in [5.41, 5.74) is 3.30. The highest BCUT2D eigenvalue weighted by atomic mass is 79.9. The van der Waals surface area contributed by atoms with E-state index in [2.05, 4.69) is 33.4 Å². The van der Waals surface area contributed by atoms with E-state index < -0.39 is 0 Å². The Morgan fingerprint density at radius 3 is 2.90 bits per heavy atom. The van der Waals surface area contributed by atoms with E-state index in [1.54, 1.807) is 7.11 Å². The molecule has 1 unspecified atom stereocenters. The number of nitrogens with one attached hydrogen (secondary N) is 1. The van der Waals surface area contributed by atoms with Gasteiger partial charge in [-0.2, -0.15) is 0 Å². The highest BCUT2D eigenvalue weighted by molar-refractivity contribution is 9.10. The summed E-state index contributed by atoms with van der Waals surface area (Å²) in [7, 11) is 1.66. The van der Waals surface area contributed by atoms with Gasteiger partial charge in [0.15, 0.2) is 0 Å². The number of anilines is 1. The van der Waals surface area contributed by atoms with Gasteiger partial charge in [0.05, 0.1) is 7.11 Å². The van der Waals surface area contributed by atoms with Crippen LogP contribution in [0.2, 0.25) is 0 Å². The number of para-hydroxylation sites is 1. The van der Waals surface area contributed by atoms with E-state index >= 15 is 0 Å². The molecule has 0 aliphatic carbocycles. The van der Waals surface area contributed by atoms with E-state index in [1.165, 1.54) is 5.56 Å². The lowest BCUT2D eigenvalue weighted by molar-refractivity contribution is -0.116. The molecule has 2 aromatic carbocycles. The highest BCUT2D eigenvalue weighted by Crippen LogP contribution is 2.35. The van der Waals surface area contributed by atoms with Gasteiger partial charge in [0.25, 0.3) is 0 Å². The van der Waals surface area contributed by atoms with Crippen LogP contribution in [0.3, 0.4) is 0 Å². The third-order valence-corrected chi connectivity index (χ3v) is 4.21. The number of benzene rings is 2. The zero-order valence-corrected chi connectivity index (χ0v) is 13.3. The molecule has 2 aromatic rings.